The highest BCUT2D eigenvalue weighted by Gasteiger charge is 2.32. The van der Waals surface area contributed by atoms with Crippen LogP contribution in [0.1, 0.15) is 17.5 Å². The van der Waals surface area contributed by atoms with E-state index in [9.17, 15) is 17.6 Å². The van der Waals surface area contributed by atoms with Gasteiger partial charge in [-0.15, -0.1) is 0 Å². The molecular formula is C15H15F4NO. The Balaban J connectivity index is 1.82. The van der Waals surface area contributed by atoms with E-state index in [1.165, 1.54) is 6.07 Å². The number of hydrogen-bond donors (Lipinski definition) is 1. The Labute approximate surface area is 119 Å². The zero-order chi connectivity index (χ0) is 15.0. The maximum absolute atomic E-state index is 13.4. The molecule has 2 heterocycles. The van der Waals surface area contributed by atoms with Gasteiger partial charge in [0.2, 0.25) is 0 Å². The van der Waals surface area contributed by atoms with Gasteiger partial charge in [-0.2, -0.15) is 13.2 Å². The van der Waals surface area contributed by atoms with Gasteiger partial charge in [-0.1, -0.05) is 11.6 Å². The number of benzene rings is 1. The van der Waals surface area contributed by atoms with Gasteiger partial charge in [0.1, 0.15) is 5.82 Å². The second kappa shape index (κ2) is 5.42. The van der Waals surface area contributed by atoms with Crippen LogP contribution in [0.4, 0.5) is 17.6 Å². The van der Waals surface area contributed by atoms with Crippen molar-refractivity contribution in [3.05, 3.63) is 46.8 Å². The summed E-state index contributed by atoms with van der Waals surface area (Å²) in [6, 6.07) is 3.02. The van der Waals surface area contributed by atoms with Crippen LogP contribution in [0.25, 0.3) is 0 Å². The van der Waals surface area contributed by atoms with Gasteiger partial charge in [0.15, 0.2) is 0 Å². The lowest BCUT2D eigenvalue weighted by Gasteiger charge is -2.35. The Kier molecular flexibility index (Phi) is 3.75. The quantitative estimate of drug-likeness (QED) is 0.669. The third-order valence-corrected chi connectivity index (χ3v) is 3.73. The minimum Gasteiger partial charge on any atom is -0.378 e. The maximum Gasteiger partial charge on any atom is 0.416 e. The number of fused-ring (bicyclic) bond motifs is 2. The van der Waals surface area contributed by atoms with Gasteiger partial charge >= 0.3 is 6.18 Å². The Bertz CT molecular complexity index is 567. The molecule has 1 saturated heterocycles. The molecule has 2 aliphatic rings. The third-order valence-electron chi connectivity index (χ3n) is 3.73. The highest BCUT2D eigenvalue weighted by atomic mass is 19.4. The summed E-state index contributed by atoms with van der Waals surface area (Å²) in [7, 11) is 0. The topological polar surface area (TPSA) is 21.3 Å². The van der Waals surface area contributed by atoms with Gasteiger partial charge in [0.25, 0.3) is 0 Å². The third kappa shape index (κ3) is 3.44. The first-order valence-corrected chi connectivity index (χ1v) is 6.80. The van der Waals surface area contributed by atoms with Crippen molar-refractivity contribution >= 4 is 0 Å². The molecule has 0 aliphatic carbocycles. The van der Waals surface area contributed by atoms with Crippen LogP contribution in [-0.2, 0) is 17.3 Å². The van der Waals surface area contributed by atoms with Crippen molar-refractivity contribution in [2.24, 2.45) is 0 Å². The fourth-order valence-electron chi connectivity index (χ4n) is 2.93. The van der Waals surface area contributed by atoms with Crippen LogP contribution in [0.3, 0.4) is 0 Å². The number of alkyl halides is 3. The summed E-state index contributed by atoms with van der Waals surface area (Å²) in [5.74, 6) is -0.849. The molecule has 3 rings (SSSR count). The Morgan fingerprint density at radius 1 is 1.19 bits per heavy atom. The predicted octanol–water partition coefficient (Wildman–Crippen LogP) is 3.07. The molecule has 2 nitrogen and oxygen atoms in total. The first-order valence-electron chi connectivity index (χ1n) is 6.80. The van der Waals surface area contributed by atoms with Gasteiger partial charge in [-0.05, 0) is 36.6 Å². The molecule has 114 valence electrons. The second-order valence-electron chi connectivity index (χ2n) is 5.56. The SMILES string of the molecule is Fc1cc(CC2=CC3COCC(C2)N3)cc(C(F)(F)F)c1. The molecule has 0 radical (unpaired) electrons. The molecule has 2 bridgehead atoms. The number of rotatable bonds is 2. The van der Waals surface area contributed by atoms with Crippen LogP contribution in [0.15, 0.2) is 29.8 Å². The van der Waals surface area contributed by atoms with Crippen molar-refractivity contribution < 1.29 is 22.3 Å². The summed E-state index contributed by atoms with van der Waals surface area (Å²) in [5.41, 5.74) is 0.454. The lowest BCUT2D eigenvalue weighted by Crippen LogP contribution is -2.50. The standard InChI is InChI=1S/C15H15F4NO/c16-12-3-9(2-11(6-12)15(17,18)19)1-10-4-13-7-21-8-14(5-10)20-13/h2-4,6,13-14,20H,1,5,7-8H2. The van der Waals surface area contributed by atoms with Crippen molar-refractivity contribution in [1.82, 2.24) is 5.32 Å². The molecule has 6 heteroatoms. The Morgan fingerprint density at radius 2 is 2.00 bits per heavy atom. The van der Waals surface area contributed by atoms with Gasteiger partial charge in [-0.25, -0.2) is 4.39 Å². The van der Waals surface area contributed by atoms with Gasteiger partial charge in [0, 0.05) is 12.1 Å². The van der Waals surface area contributed by atoms with Crippen molar-refractivity contribution in [3.63, 3.8) is 0 Å². The predicted molar refractivity (Wildman–Crippen MR) is 69.3 cm³/mol. The van der Waals surface area contributed by atoms with Crippen molar-refractivity contribution in [2.45, 2.75) is 31.1 Å². The van der Waals surface area contributed by atoms with Gasteiger partial charge in [0.05, 0.1) is 18.8 Å². The zero-order valence-corrected chi connectivity index (χ0v) is 11.2. The summed E-state index contributed by atoms with van der Waals surface area (Å²) < 4.78 is 56.9. The molecule has 0 spiro atoms. The summed E-state index contributed by atoms with van der Waals surface area (Å²) in [4.78, 5) is 0. The second-order valence-corrected chi connectivity index (χ2v) is 5.56. The molecule has 21 heavy (non-hydrogen) atoms. The number of nitrogens with one attached hydrogen (secondary N) is 1. The molecule has 2 unspecified atom stereocenters. The number of halogens is 4. The van der Waals surface area contributed by atoms with Crippen molar-refractivity contribution in [3.8, 4) is 0 Å². The molecule has 1 aromatic carbocycles. The normalized spacial score (nSPS) is 25.6. The van der Waals surface area contributed by atoms with E-state index in [0.717, 1.165) is 11.6 Å². The molecule has 0 saturated carbocycles. The minimum atomic E-state index is -4.52. The fraction of sp³-hybridized carbons (Fsp3) is 0.467. The molecule has 0 aromatic heterocycles. The molecule has 2 atom stereocenters. The monoisotopic (exact) mass is 301 g/mol. The van der Waals surface area contributed by atoms with Crippen LogP contribution in [0.2, 0.25) is 0 Å². The highest BCUT2D eigenvalue weighted by molar-refractivity contribution is 5.31. The van der Waals surface area contributed by atoms with E-state index in [2.05, 4.69) is 5.32 Å². The van der Waals surface area contributed by atoms with Gasteiger partial charge < -0.3 is 10.1 Å². The van der Waals surface area contributed by atoms with E-state index in [0.29, 0.717) is 37.7 Å². The molecule has 0 amide bonds. The average Bonchev–Trinajstić information content (AvgIpc) is 2.36. The first-order chi connectivity index (χ1) is 9.90. The van der Waals surface area contributed by atoms with Crippen LogP contribution in [0, 0.1) is 5.82 Å². The fourth-order valence-corrected chi connectivity index (χ4v) is 2.93. The van der Waals surface area contributed by atoms with E-state index in [1.807, 2.05) is 6.08 Å². The van der Waals surface area contributed by atoms with Crippen LogP contribution < -0.4 is 5.32 Å². The van der Waals surface area contributed by atoms with E-state index < -0.39 is 17.6 Å². The van der Waals surface area contributed by atoms with Crippen molar-refractivity contribution in [2.75, 3.05) is 13.2 Å². The Morgan fingerprint density at radius 3 is 2.71 bits per heavy atom. The molecule has 1 N–H and O–H groups in total. The summed E-state index contributed by atoms with van der Waals surface area (Å²) >= 11 is 0. The van der Waals surface area contributed by atoms with E-state index in [1.54, 1.807) is 0 Å². The molecule has 2 aliphatic heterocycles. The van der Waals surface area contributed by atoms with E-state index >= 15 is 0 Å². The van der Waals surface area contributed by atoms with Crippen LogP contribution >= 0.6 is 0 Å². The number of ether oxygens (including phenoxy) is 1. The summed E-state index contributed by atoms with van der Waals surface area (Å²) in [5, 5.41) is 3.36. The number of morpholine rings is 1. The average molecular weight is 301 g/mol. The largest absolute Gasteiger partial charge is 0.416 e. The van der Waals surface area contributed by atoms with Crippen LogP contribution in [-0.4, -0.2) is 25.3 Å². The van der Waals surface area contributed by atoms with E-state index in [4.69, 9.17) is 4.74 Å². The summed E-state index contributed by atoms with van der Waals surface area (Å²) in [6.45, 7) is 1.17. The molecule has 1 fully saturated rings. The lowest BCUT2D eigenvalue weighted by atomic mass is 9.91. The zero-order valence-electron chi connectivity index (χ0n) is 11.2. The molecular weight excluding hydrogens is 286 g/mol. The first kappa shape index (κ1) is 14.5. The maximum atomic E-state index is 13.4. The summed E-state index contributed by atoms with van der Waals surface area (Å²) in [6.07, 6.45) is -1.48. The van der Waals surface area contributed by atoms with E-state index in [-0.39, 0.29) is 12.1 Å². The highest BCUT2D eigenvalue weighted by Crippen LogP contribution is 2.31. The molecule has 1 aromatic rings. The number of hydrogen-bond acceptors (Lipinski definition) is 2. The Hall–Kier alpha value is -1.40. The minimum absolute atomic E-state index is 0.100. The van der Waals surface area contributed by atoms with Gasteiger partial charge in [-0.3, -0.25) is 0 Å². The van der Waals surface area contributed by atoms with Crippen LogP contribution in [0.5, 0.6) is 0 Å². The van der Waals surface area contributed by atoms with Crippen molar-refractivity contribution in [1.29, 1.82) is 0 Å². The smallest absolute Gasteiger partial charge is 0.378 e. The lowest BCUT2D eigenvalue weighted by molar-refractivity contribution is -0.137.